The summed E-state index contributed by atoms with van der Waals surface area (Å²) in [5.41, 5.74) is 1.29. The molecule has 1 aliphatic heterocycles. The molecule has 1 aromatic carbocycles. The van der Waals surface area contributed by atoms with E-state index in [0.29, 0.717) is 23.0 Å². The quantitative estimate of drug-likeness (QED) is 0.634. The number of aromatic amines is 1. The van der Waals surface area contributed by atoms with Crippen molar-refractivity contribution in [3.05, 3.63) is 40.1 Å². The summed E-state index contributed by atoms with van der Waals surface area (Å²) in [6, 6.07) is 4.42. The number of nitro benzene ring substituents is 1. The third kappa shape index (κ3) is 3.45. The Balaban J connectivity index is 1.80. The molecular formula is C16H17N3O6. The number of morpholine rings is 1. The smallest absolute Gasteiger partial charge is 0.334 e. The number of hydrogen-bond acceptors (Lipinski definition) is 5. The second kappa shape index (κ2) is 6.52. The lowest BCUT2D eigenvalue weighted by Crippen LogP contribution is -2.52. The first-order valence-electron chi connectivity index (χ1n) is 7.75. The van der Waals surface area contributed by atoms with Crippen LogP contribution in [0.5, 0.6) is 0 Å². The number of nitro groups is 1. The van der Waals surface area contributed by atoms with Crippen LogP contribution in [0.15, 0.2) is 24.4 Å². The van der Waals surface area contributed by atoms with Crippen molar-refractivity contribution in [1.29, 1.82) is 0 Å². The van der Waals surface area contributed by atoms with Crippen LogP contribution in [0.25, 0.3) is 10.9 Å². The van der Waals surface area contributed by atoms with Crippen LogP contribution < -0.4 is 0 Å². The monoisotopic (exact) mass is 347 g/mol. The van der Waals surface area contributed by atoms with Gasteiger partial charge in [-0.25, -0.2) is 4.79 Å². The van der Waals surface area contributed by atoms with Crippen molar-refractivity contribution in [2.75, 3.05) is 13.1 Å². The minimum absolute atomic E-state index is 0.0129. The molecule has 2 heterocycles. The summed E-state index contributed by atoms with van der Waals surface area (Å²) in [7, 11) is 0. The Hall–Kier alpha value is -2.94. The molecule has 25 heavy (non-hydrogen) atoms. The van der Waals surface area contributed by atoms with Crippen LogP contribution in [-0.4, -0.2) is 57.1 Å². The van der Waals surface area contributed by atoms with E-state index < -0.39 is 17.0 Å². The summed E-state index contributed by atoms with van der Waals surface area (Å²) in [6.07, 6.45) is 0.255. The van der Waals surface area contributed by atoms with Crippen LogP contribution in [0.4, 0.5) is 5.69 Å². The second-order valence-electron chi connectivity index (χ2n) is 6.05. The molecule has 1 amide bonds. The van der Waals surface area contributed by atoms with E-state index in [1.54, 1.807) is 19.2 Å². The van der Waals surface area contributed by atoms with Crippen molar-refractivity contribution in [1.82, 2.24) is 9.88 Å². The Morgan fingerprint density at radius 2 is 2.20 bits per heavy atom. The van der Waals surface area contributed by atoms with Gasteiger partial charge >= 0.3 is 5.97 Å². The van der Waals surface area contributed by atoms with Gasteiger partial charge in [0, 0.05) is 35.8 Å². The Labute approximate surface area is 142 Å². The number of aromatic nitrogens is 1. The van der Waals surface area contributed by atoms with Crippen LogP contribution in [0.2, 0.25) is 0 Å². The third-order valence-electron chi connectivity index (χ3n) is 4.19. The number of H-pyrrole nitrogens is 1. The van der Waals surface area contributed by atoms with Crippen molar-refractivity contribution >= 4 is 28.5 Å². The summed E-state index contributed by atoms with van der Waals surface area (Å²) in [6.45, 7) is 2.01. The lowest BCUT2D eigenvalue weighted by Gasteiger charge is -2.35. The van der Waals surface area contributed by atoms with Gasteiger partial charge in [-0.3, -0.25) is 14.9 Å². The van der Waals surface area contributed by atoms with Gasteiger partial charge in [-0.1, -0.05) is 0 Å². The largest absolute Gasteiger partial charge is 0.479 e. The molecule has 0 radical (unpaired) electrons. The number of hydrogen-bond donors (Lipinski definition) is 2. The Morgan fingerprint density at radius 3 is 2.88 bits per heavy atom. The fraction of sp³-hybridized carbons (Fsp3) is 0.375. The number of fused-ring (bicyclic) bond motifs is 1. The lowest BCUT2D eigenvalue weighted by atomic mass is 10.1. The van der Waals surface area contributed by atoms with Gasteiger partial charge in [0.2, 0.25) is 5.91 Å². The van der Waals surface area contributed by atoms with Crippen molar-refractivity contribution in [2.45, 2.75) is 25.6 Å². The molecule has 1 unspecified atom stereocenters. The van der Waals surface area contributed by atoms with E-state index in [2.05, 4.69) is 4.98 Å². The Kier molecular flexibility index (Phi) is 4.41. The average molecular weight is 347 g/mol. The van der Waals surface area contributed by atoms with Gasteiger partial charge in [-0.2, -0.15) is 0 Å². The summed E-state index contributed by atoms with van der Waals surface area (Å²) in [5.74, 6) is -1.35. The number of nitrogens with one attached hydrogen (secondary N) is 1. The van der Waals surface area contributed by atoms with E-state index in [1.807, 2.05) is 0 Å². The molecule has 2 atom stereocenters. The van der Waals surface area contributed by atoms with Gasteiger partial charge in [0.15, 0.2) is 6.10 Å². The third-order valence-corrected chi connectivity index (χ3v) is 4.19. The number of carbonyl (C=O) groups excluding carboxylic acids is 1. The summed E-state index contributed by atoms with van der Waals surface area (Å²) in [4.78, 5) is 38.6. The minimum Gasteiger partial charge on any atom is -0.479 e. The first-order chi connectivity index (χ1) is 11.8. The molecule has 3 rings (SSSR count). The van der Waals surface area contributed by atoms with Crippen molar-refractivity contribution in [2.24, 2.45) is 0 Å². The molecule has 0 bridgehead atoms. The Bertz CT molecular complexity index is 846. The fourth-order valence-electron chi connectivity index (χ4n) is 2.99. The van der Waals surface area contributed by atoms with Crippen molar-refractivity contribution in [3.8, 4) is 0 Å². The zero-order valence-electron chi connectivity index (χ0n) is 13.5. The standard InChI is InChI=1S/C16H17N3O6/c1-9-7-18(8-14(25-9)16(21)22)15(20)4-10-6-17-13-3-2-11(19(23)24)5-12(10)13/h2-3,5-6,9,14,17H,4,7-8H2,1H3,(H,21,22)/t9-,14?/m1/s1. The topological polar surface area (TPSA) is 126 Å². The zero-order chi connectivity index (χ0) is 18.1. The number of carboxylic acids is 1. The molecule has 1 fully saturated rings. The van der Waals surface area contributed by atoms with Gasteiger partial charge in [-0.05, 0) is 18.6 Å². The van der Waals surface area contributed by atoms with Gasteiger partial charge in [0.05, 0.1) is 24.0 Å². The zero-order valence-corrected chi connectivity index (χ0v) is 13.5. The first kappa shape index (κ1) is 16.9. The SMILES string of the molecule is C[C@@H]1CN(C(=O)Cc2c[nH]c3ccc([N+](=O)[O-])cc23)CC(C(=O)O)O1. The first-order valence-corrected chi connectivity index (χ1v) is 7.75. The van der Waals surface area contributed by atoms with Crippen LogP contribution in [0.3, 0.4) is 0 Å². The highest BCUT2D eigenvalue weighted by Gasteiger charge is 2.32. The summed E-state index contributed by atoms with van der Waals surface area (Å²) >= 11 is 0. The number of amides is 1. The number of ether oxygens (including phenoxy) is 1. The molecule has 2 N–H and O–H groups in total. The number of nitrogens with zero attached hydrogens (tertiary/aromatic N) is 2. The minimum atomic E-state index is -1.10. The number of benzene rings is 1. The second-order valence-corrected chi connectivity index (χ2v) is 6.05. The summed E-state index contributed by atoms with van der Waals surface area (Å²) in [5, 5.41) is 20.6. The number of rotatable bonds is 4. The van der Waals surface area contributed by atoms with Crippen LogP contribution in [0.1, 0.15) is 12.5 Å². The highest BCUT2D eigenvalue weighted by Crippen LogP contribution is 2.24. The average Bonchev–Trinajstić information content (AvgIpc) is 2.96. The van der Waals surface area contributed by atoms with Gasteiger partial charge in [0.25, 0.3) is 5.69 Å². The lowest BCUT2D eigenvalue weighted by molar-refractivity contribution is -0.384. The molecule has 0 spiro atoms. The number of aliphatic carboxylic acids is 1. The maximum Gasteiger partial charge on any atom is 0.334 e. The maximum atomic E-state index is 12.6. The van der Waals surface area contributed by atoms with E-state index in [0.717, 1.165) is 0 Å². The van der Waals surface area contributed by atoms with Gasteiger partial charge < -0.3 is 19.7 Å². The molecule has 1 aromatic heterocycles. The molecule has 1 aliphatic rings. The fourth-order valence-corrected chi connectivity index (χ4v) is 2.99. The van der Waals surface area contributed by atoms with E-state index in [1.165, 1.54) is 17.0 Å². The molecule has 2 aromatic rings. The van der Waals surface area contributed by atoms with Crippen LogP contribution in [-0.2, 0) is 20.7 Å². The van der Waals surface area contributed by atoms with Crippen LogP contribution in [0, 0.1) is 10.1 Å². The van der Waals surface area contributed by atoms with Crippen molar-refractivity contribution in [3.63, 3.8) is 0 Å². The normalized spacial score (nSPS) is 20.6. The molecule has 9 nitrogen and oxygen atoms in total. The van der Waals surface area contributed by atoms with Crippen molar-refractivity contribution < 1.29 is 24.4 Å². The van der Waals surface area contributed by atoms with E-state index >= 15 is 0 Å². The van der Waals surface area contributed by atoms with E-state index in [-0.39, 0.29) is 30.7 Å². The number of carbonyl (C=O) groups is 2. The predicted molar refractivity (Wildman–Crippen MR) is 87.2 cm³/mol. The van der Waals surface area contributed by atoms with Gasteiger partial charge in [0.1, 0.15) is 0 Å². The van der Waals surface area contributed by atoms with E-state index in [4.69, 9.17) is 9.84 Å². The highest BCUT2D eigenvalue weighted by atomic mass is 16.6. The molecule has 0 aliphatic carbocycles. The predicted octanol–water partition coefficient (Wildman–Crippen LogP) is 1.32. The molecule has 0 saturated carbocycles. The van der Waals surface area contributed by atoms with Gasteiger partial charge in [-0.15, -0.1) is 0 Å². The molecule has 9 heteroatoms. The van der Waals surface area contributed by atoms with E-state index in [9.17, 15) is 19.7 Å². The highest BCUT2D eigenvalue weighted by molar-refractivity contribution is 5.90. The molecule has 132 valence electrons. The molecule has 1 saturated heterocycles. The number of non-ortho nitro benzene ring substituents is 1. The maximum absolute atomic E-state index is 12.6. The summed E-state index contributed by atoms with van der Waals surface area (Å²) < 4.78 is 5.30. The number of carboxylic acid groups (broad SMARTS) is 1. The molecular weight excluding hydrogens is 330 g/mol. The Morgan fingerprint density at radius 1 is 1.44 bits per heavy atom. The van der Waals surface area contributed by atoms with Crippen LogP contribution >= 0.6 is 0 Å².